The number of rotatable bonds is 0. The van der Waals surface area contributed by atoms with E-state index in [-0.39, 0.29) is 0 Å². The molecule has 1 nitrogen and oxygen atoms in total. The van der Waals surface area contributed by atoms with E-state index in [9.17, 15) is 0 Å². The second-order valence-corrected chi connectivity index (χ2v) is 4.36. The second kappa shape index (κ2) is 4.76. The molecule has 0 aromatic heterocycles. The van der Waals surface area contributed by atoms with Crippen molar-refractivity contribution in [1.82, 2.24) is 4.90 Å². The Bertz CT molecular complexity index is 97.0. The smallest absolute Gasteiger partial charge is 0.00301 e. The van der Waals surface area contributed by atoms with Gasteiger partial charge in [-0.2, -0.15) is 0 Å². The summed E-state index contributed by atoms with van der Waals surface area (Å²) < 4.78 is 0. The number of hydrogen-bond acceptors (Lipinski definition) is 1. The Hall–Kier alpha value is -0.0400. The molecule has 0 aromatic carbocycles. The zero-order valence-electron chi connectivity index (χ0n) is 8.78. The van der Waals surface area contributed by atoms with Gasteiger partial charge < -0.3 is 4.90 Å². The predicted octanol–water partition coefficient (Wildman–Crippen LogP) is 2.76. The Morgan fingerprint density at radius 1 is 1.27 bits per heavy atom. The predicted molar refractivity (Wildman–Crippen MR) is 51.9 cm³/mol. The number of hydrogen-bond donors (Lipinski definition) is 0. The molecule has 0 aliphatic carbocycles. The Balaban J connectivity index is 0.000000292. The van der Waals surface area contributed by atoms with E-state index in [0.29, 0.717) is 5.41 Å². The summed E-state index contributed by atoms with van der Waals surface area (Å²) in [4.78, 5) is 2.39. The number of nitrogens with zero attached hydrogens (tertiary/aromatic N) is 1. The highest BCUT2D eigenvalue weighted by atomic mass is 15.1. The normalized spacial score (nSPS) is 22.6. The first-order valence-electron chi connectivity index (χ1n) is 4.70. The van der Waals surface area contributed by atoms with Gasteiger partial charge in [-0.15, -0.1) is 0 Å². The minimum absolute atomic E-state index is 0.592. The molecular formula is C10H23N. The Morgan fingerprint density at radius 3 is 1.82 bits per heavy atom. The van der Waals surface area contributed by atoms with Gasteiger partial charge in [0.25, 0.3) is 0 Å². The third kappa shape index (κ3) is 5.25. The molecule has 68 valence electrons. The molecule has 0 amide bonds. The summed E-state index contributed by atoms with van der Waals surface area (Å²) in [6.07, 6.45) is 2.61. The second-order valence-electron chi connectivity index (χ2n) is 4.36. The van der Waals surface area contributed by atoms with Crippen molar-refractivity contribution in [3.05, 3.63) is 0 Å². The molecule has 0 atom stereocenters. The molecule has 0 bridgehead atoms. The van der Waals surface area contributed by atoms with Crippen LogP contribution in [0.2, 0.25) is 0 Å². The molecule has 11 heavy (non-hydrogen) atoms. The fourth-order valence-electron chi connectivity index (χ4n) is 1.38. The van der Waals surface area contributed by atoms with Gasteiger partial charge in [0, 0.05) is 6.54 Å². The minimum atomic E-state index is 0.592. The lowest BCUT2D eigenvalue weighted by molar-refractivity contribution is 0.337. The molecule has 1 heteroatoms. The summed E-state index contributed by atoms with van der Waals surface area (Å²) in [6.45, 7) is 11.5. The lowest BCUT2D eigenvalue weighted by Gasteiger charge is -2.15. The summed E-state index contributed by atoms with van der Waals surface area (Å²) in [5, 5.41) is 0. The van der Waals surface area contributed by atoms with E-state index >= 15 is 0 Å². The summed E-state index contributed by atoms with van der Waals surface area (Å²) in [6, 6.07) is 0. The molecule has 1 saturated heterocycles. The lowest BCUT2D eigenvalue weighted by Crippen LogP contribution is -2.18. The fraction of sp³-hybridized carbons (Fsp3) is 1.00. The van der Waals surface area contributed by atoms with E-state index < -0.39 is 0 Å². The molecular weight excluding hydrogens is 134 g/mol. The van der Waals surface area contributed by atoms with E-state index in [1.54, 1.807) is 0 Å². The van der Waals surface area contributed by atoms with Crippen LogP contribution in [0.4, 0.5) is 0 Å². The molecule has 0 N–H and O–H groups in total. The molecule has 1 fully saturated rings. The van der Waals surface area contributed by atoms with Crippen LogP contribution in [0.1, 0.15) is 40.5 Å². The summed E-state index contributed by atoms with van der Waals surface area (Å²) in [5.74, 6) is 0. The SMILES string of the molecule is CCC.CN1CCC(C)(C)C1. The molecule has 1 heterocycles. The van der Waals surface area contributed by atoms with E-state index in [2.05, 4.69) is 39.6 Å². The average molecular weight is 157 g/mol. The van der Waals surface area contributed by atoms with Crippen LogP contribution in [0, 0.1) is 5.41 Å². The van der Waals surface area contributed by atoms with Crippen LogP contribution in [0.25, 0.3) is 0 Å². The first kappa shape index (κ1) is 11.0. The molecule has 1 aliphatic heterocycles. The first-order valence-corrected chi connectivity index (χ1v) is 4.70. The standard InChI is InChI=1S/C7H15N.C3H8/c1-7(2)4-5-8(3)6-7;1-3-2/h4-6H2,1-3H3;3H2,1-2H3. The van der Waals surface area contributed by atoms with Gasteiger partial charge in [-0.05, 0) is 25.4 Å². The minimum Gasteiger partial charge on any atom is -0.306 e. The van der Waals surface area contributed by atoms with Crippen molar-refractivity contribution in [2.45, 2.75) is 40.5 Å². The Kier molecular flexibility index (Phi) is 4.74. The highest BCUT2D eigenvalue weighted by Crippen LogP contribution is 2.26. The molecule has 0 aromatic rings. The zero-order chi connectivity index (χ0) is 8.91. The van der Waals surface area contributed by atoms with E-state index in [1.807, 2.05) is 0 Å². The first-order chi connectivity index (χ1) is 5.02. The maximum atomic E-state index is 2.39. The van der Waals surface area contributed by atoms with Gasteiger partial charge in [0.05, 0.1) is 0 Å². The van der Waals surface area contributed by atoms with Crippen LogP contribution in [-0.4, -0.2) is 25.0 Å². The summed E-state index contributed by atoms with van der Waals surface area (Å²) in [7, 11) is 2.19. The van der Waals surface area contributed by atoms with E-state index in [4.69, 9.17) is 0 Å². The summed E-state index contributed by atoms with van der Waals surface area (Å²) >= 11 is 0. The van der Waals surface area contributed by atoms with Gasteiger partial charge in [0.2, 0.25) is 0 Å². The maximum Gasteiger partial charge on any atom is 0.00301 e. The quantitative estimate of drug-likeness (QED) is 0.522. The van der Waals surface area contributed by atoms with Gasteiger partial charge in [-0.25, -0.2) is 0 Å². The Morgan fingerprint density at radius 2 is 1.73 bits per heavy atom. The zero-order valence-corrected chi connectivity index (χ0v) is 8.78. The molecule has 0 radical (unpaired) electrons. The van der Waals surface area contributed by atoms with E-state index in [0.717, 1.165) is 0 Å². The van der Waals surface area contributed by atoms with Crippen molar-refractivity contribution in [1.29, 1.82) is 0 Å². The highest BCUT2D eigenvalue weighted by Gasteiger charge is 2.26. The van der Waals surface area contributed by atoms with Crippen LogP contribution in [0.15, 0.2) is 0 Å². The van der Waals surface area contributed by atoms with Crippen molar-refractivity contribution in [2.75, 3.05) is 20.1 Å². The van der Waals surface area contributed by atoms with Crippen molar-refractivity contribution < 1.29 is 0 Å². The largest absolute Gasteiger partial charge is 0.306 e. The van der Waals surface area contributed by atoms with Crippen LogP contribution in [-0.2, 0) is 0 Å². The topological polar surface area (TPSA) is 3.24 Å². The van der Waals surface area contributed by atoms with Gasteiger partial charge in [-0.1, -0.05) is 34.1 Å². The van der Waals surface area contributed by atoms with Crippen LogP contribution in [0.3, 0.4) is 0 Å². The van der Waals surface area contributed by atoms with Crippen LogP contribution < -0.4 is 0 Å². The lowest BCUT2D eigenvalue weighted by atomic mass is 9.93. The fourth-order valence-corrected chi connectivity index (χ4v) is 1.38. The number of likely N-dealkylation sites (tertiary alicyclic amines) is 1. The van der Waals surface area contributed by atoms with Crippen molar-refractivity contribution in [2.24, 2.45) is 5.41 Å². The average Bonchev–Trinajstić information content (AvgIpc) is 2.11. The van der Waals surface area contributed by atoms with Gasteiger partial charge in [0.15, 0.2) is 0 Å². The molecule has 0 saturated carbocycles. The monoisotopic (exact) mass is 157 g/mol. The molecule has 1 rings (SSSR count). The van der Waals surface area contributed by atoms with Crippen molar-refractivity contribution >= 4 is 0 Å². The van der Waals surface area contributed by atoms with Crippen LogP contribution in [0.5, 0.6) is 0 Å². The van der Waals surface area contributed by atoms with Crippen molar-refractivity contribution in [3.8, 4) is 0 Å². The van der Waals surface area contributed by atoms with Crippen LogP contribution >= 0.6 is 0 Å². The Labute approximate surface area is 71.8 Å². The van der Waals surface area contributed by atoms with Gasteiger partial charge in [0.1, 0.15) is 0 Å². The summed E-state index contributed by atoms with van der Waals surface area (Å²) in [5.41, 5.74) is 0.592. The molecule has 1 aliphatic rings. The molecule has 0 unspecified atom stereocenters. The van der Waals surface area contributed by atoms with Gasteiger partial charge in [-0.3, -0.25) is 0 Å². The maximum absolute atomic E-state index is 2.39. The highest BCUT2D eigenvalue weighted by molar-refractivity contribution is 4.79. The molecule has 0 spiro atoms. The third-order valence-corrected chi connectivity index (χ3v) is 1.87. The van der Waals surface area contributed by atoms with Gasteiger partial charge >= 0.3 is 0 Å². The van der Waals surface area contributed by atoms with E-state index in [1.165, 1.54) is 25.9 Å². The van der Waals surface area contributed by atoms with Crippen molar-refractivity contribution in [3.63, 3.8) is 0 Å². The third-order valence-electron chi connectivity index (χ3n) is 1.87.